The number of rotatable bonds is 7. The molecule has 14 heteroatoms. The average Bonchev–Trinajstić information content (AvgIpc) is 3.17. The van der Waals surface area contributed by atoms with Gasteiger partial charge in [-0.1, -0.05) is 6.07 Å². The number of imidazole rings is 1. The predicted molar refractivity (Wildman–Crippen MR) is 126 cm³/mol. The van der Waals surface area contributed by atoms with E-state index >= 15 is 0 Å². The van der Waals surface area contributed by atoms with Crippen molar-refractivity contribution in [2.45, 2.75) is 23.9 Å². The largest absolute Gasteiger partial charge is 0.353 e. The number of H-pyrrole nitrogens is 1. The van der Waals surface area contributed by atoms with Gasteiger partial charge in [-0.15, -0.1) is 0 Å². The number of aromatic amines is 1. The molecule has 1 fully saturated rings. The molecule has 0 bridgehead atoms. The minimum Gasteiger partial charge on any atom is -0.353 e. The number of halogens is 3. The molecule has 3 aromatic heterocycles. The second-order valence-corrected chi connectivity index (χ2v) is 10.5. The molecule has 4 aromatic rings. The van der Waals surface area contributed by atoms with Crippen molar-refractivity contribution in [3.8, 4) is 11.3 Å². The van der Waals surface area contributed by atoms with Crippen LogP contribution in [0.4, 0.5) is 30.4 Å². The summed E-state index contributed by atoms with van der Waals surface area (Å²) in [6.45, 7) is 0. The summed E-state index contributed by atoms with van der Waals surface area (Å²) in [5.74, 6) is -2.09. The van der Waals surface area contributed by atoms with Crippen molar-refractivity contribution >= 4 is 44.1 Å². The smallest absolute Gasteiger partial charge is 0.295 e. The van der Waals surface area contributed by atoms with Gasteiger partial charge in [0, 0.05) is 31.1 Å². The van der Waals surface area contributed by atoms with Gasteiger partial charge in [0.2, 0.25) is 5.91 Å². The van der Waals surface area contributed by atoms with Crippen molar-refractivity contribution in [3.05, 3.63) is 42.4 Å². The Kier molecular flexibility index (Phi) is 5.70. The van der Waals surface area contributed by atoms with E-state index in [2.05, 4.69) is 30.7 Å². The molecule has 3 N–H and O–H groups in total. The fourth-order valence-corrected chi connectivity index (χ4v) is 4.59. The van der Waals surface area contributed by atoms with Crippen molar-refractivity contribution < 1.29 is 26.4 Å². The molecule has 10 nitrogen and oxygen atoms in total. The number of pyridine rings is 1. The number of aryl methyl sites for hydroxylation is 1. The number of carbonyl (C=O) groups is 1. The number of benzene rings is 1. The van der Waals surface area contributed by atoms with Gasteiger partial charge < -0.3 is 15.6 Å². The fourth-order valence-electron chi connectivity index (χ4n) is 3.73. The van der Waals surface area contributed by atoms with E-state index < -0.39 is 40.1 Å². The number of fused-ring (bicyclic) bond motifs is 1. The number of amides is 1. The van der Waals surface area contributed by atoms with Crippen molar-refractivity contribution in [2.75, 3.05) is 16.9 Å². The van der Waals surface area contributed by atoms with E-state index in [0.717, 1.165) is 6.26 Å². The van der Waals surface area contributed by atoms with Crippen molar-refractivity contribution in [2.24, 2.45) is 13.0 Å². The molecule has 2 unspecified atom stereocenters. The lowest BCUT2D eigenvalue weighted by atomic mass is 10.1. The number of nitrogens with one attached hydrogen (secondary N) is 3. The van der Waals surface area contributed by atoms with Crippen LogP contribution >= 0.6 is 0 Å². The van der Waals surface area contributed by atoms with Crippen LogP contribution < -0.4 is 10.6 Å². The summed E-state index contributed by atoms with van der Waals surface area (Å²) in [7, 11) is -2.01. The van der Waals surface area contributed by atoms with Crippen LogP contribution in [0.5, 0.6) is 0 Å². The van der Waals surface area contributed by atoms with Crippen LogP contribution in [-0.4, -0.2) is 51.5 Å². The molecule has 0 aliphatic heterocycles. The lowest BCUT2D eigenvalue weighted by molar-refractivity contribution is -0.117. The maximum atomic E-state index is 13.3. The first-order valence-corrected chi connectivity index (χ1v) is 12.6. The van der Waals surface area contributed by atoms with Gasteiger partial charge in [0.05, 0.1) is 27.9 Å². The quantitative estimate of drug-likeness (QED) is 0.339. The second-order valence-electron chi connectivity index (χ2n) is 8.51. The van der Waals surface area contributed by atoms with E-state index in [1.165, 1.54) is 18.2 Å². The average molecular weight is 520 g/mol. The molecule has 2 atom stereocenters. The topological polar surface area (TPSA) is 135 Å². The lowest BCUT2D eigenvalue weighted by Gasteiger charge is -2.14. The number of sulfone groups is 1. The first-order valence-electron chi connectivity index (χ1n) is 10.7. The zero-order chi connectivity index (χ0) is 25.8. The molecule has 0 spiro atoms. The Bertz CT molecular complexity index is 1600. The van der Waals surface area contributed by atoms with E-state index in [9.17, 15) is 26.4 Å². The molecule has 1 saturated carbocycles. The highest BCUT2D eigenvalue weighted by Gasteiger charge is 2.43. The van der Waals surface area contributed by atoms with Crippen LogP contribution in [0, 0.1) is 5.92 Å². The maximum Gasteiger partial charge on any atom is 0.295 e. The summed E-state index contributed by atoms with van der Waals surface area (Å²) < 4.78 is 66.8. The number of alkyl halides is 3. The summed E-state index contributed by atoms with van der Waals surface area (Å²) in [4.78, 5) is 22.5. The molecular weight excluding hydrogens is 499 g/mol. The summed E-state index contributed by atoms with van der Waals surface area (Å²) >= 11 is 0. The lowest BCUT2D eigenvalue weighted by Crippen LogP contribution is -2.16. The number of nitrogens with zero attached hydrogens (tertiary/aromatic N) is 4. The van der Waals surface area contributed by atoms with E-state index in [-0.39, 0.29) is 39.7 Å². The van der Waals surface area contributed by atoms with Gasteiger partial charge in [-0.3, -0.25) is 9.48 Å². The summed E-state index contributed by atoms with van der Waals surface area (Å²) in [6, 6.07) is 7.70. The van der Waals surface area contributed by atoms with E-state index in [4.69, 9.17) is 0 Å². The van der Waals surface area contributed by atoms with Crippen LogP contribution in [0.15, 0.2) is 41.4 Å². The standard InChI is InChI=1S/C22H20F3N7O3S/c1-32-6-5-13(31-32)10-3-4-14(16(7-10)36(2,34)35)26-15-9-17(28-22(33)11-8-12(11)23)27-20-18(15)29-21(30-20)19(24)25/h3-7,9,11-12,19H,8H2,1-2H3,(H3,26,27,28,29,30,33). The van der Waals surface area contributed by atoms with Crippen molar-refractivity contribution in [3.63, 3.8) is 0 Å². The molecular formula is C22H20F3N7O3S. The number of hydrogen-bond donors (Lipinski definition) is 3. The Morgan fingerprint density at radius 3 is 2.56 bits per heavy atom. The van der Waals surface area contributed by atoms with Gasteiger partial charge >= 0.3 is 0 Å². The zero-order valence-electron chi connectivity index (χ0n) is 19.0. The zero-order valence-corrected chi connectivity index (χ0v) is 19.8. The van der Waals surface area contributed by atoms with Crippen molar-refractivity contribution in [1.82, 2.24) is 24.7 Å². The number of anilines is 3. The first kappa shape index (κ1) is 23.8. The Morgan fingerprint density at radius 2 is 1.94 bits per heavy atom. The molecule has 0 radical (unpaired) electrons. The SMILES string of the molecule is Cn1ccc(-c2ccc(Nc3cc(NC(=O)C4CC4F)nc4nc(C(F)F)[nH]c34)c(S(C)(=O)=O)c2)n1. The first-order chi connectivity index (χ1) is 17.0. The monoisotopic (exact) mass is 519 g/mol. The highest BCUT2D eigenvalue weighted by molar-refractivity contribution is 7.90. The summed E-state index contributed by atoms with van der Waals surface area (Å²) in [6.07, 6.45) is -1.31. The molecule has 188 valence electrons. The van der Waals surface area contributed by atoms with Gasteiger partial charge in [-0.25, -0.2) is 31.6 Å². The highest BCUT2D eigenvalue weighted by atomic mass is 32.2. The predicted octanol–water partition coefficient (Wildman–Crippen LogP) is 3.74. The minimum atomic E-state index is -3.75. The molecule has 0 saturated heterocycles. The summed E-state index contributed by atoms with van der Waals surface area (Å²) in [5, 5.41) is 9.69. The second kappa shape index (κ2) is 8.62. The summed E-state index contributed by atoms with van der Waals surface area (Å²) in [5.41, 5.74) is 1.35. The van der Waals surface area contributed by atoms with Gasteiger partial charge in [-0.05, 0) is 24.6 Å². The fraction of sp³-hybridized carbons (Fsp3) is 0.273. The van der Waals surface area contributed by atoms with Gasteiger partial charge in [0.1, 0.15) is 17.5 Å². The molecule has 1 aromatic carbocycles. The highest BCUT2D eigenvalue weighted by Crippen LogP contribution is 2.36. The molecule has 1 amide bonds. The van der Waals surface area contributed by atoms with Gasteiger partial charge in [-0.2, -0.15) is 5.10 Å². The van der Waals surface area contributed by atoms with Crippen LogP contribution in [0.3, 0.4) is 0 Å². The molecule has 5 rings (SSSR count). The van der Waals surface area contributed by atoms with E-state index in [1.54, 1.807) is 30.1 Å². The third kappa shape index (κ3) is 4.63. The molecule has 3 heterocycles. The van der Waals surface area contributed by atoms with Gasteiger partial charge in [0.15, 0.2) is 21.3 Å². The maximum absolute atomic E-state index is 13.3. The third-order valence-corrected chi connectivity index (χ3v) is 6.78. The Balaban J connectivity index is 1.58. The van der Waals surface area contributed by atoms with Crippen LogP contribution in [0.2, 0.25) is 0 Å². The Morgan fingerprint density at radius 1 is 1.19 bits per heavy atom. The number of hydrogen-bond acceptors (Lipinski definition) is 7. The molecule has 1 aliphatic rings. The van der Waals surface area contributed by atoms with E-state index in [1.807, 2.05) is 0 Å². The Labute approximate surface area is 202 Å². The normalized spacial score (nSPS) is 17.5. The van der Waals surface area contributed by atoms with E-state index in [0.29, 0.717) is 11.3 Å². The van der Waals surface area contributed by atoms with Gasteiger partial charge in [0.25, 0.3) is 6.43 Å². The van der Waals surface area contributed by atoms with Crippen molar-refractivity contribution in [1.29, 1.82) is 0 Å². The minimum absolute atomic E-state index is 0.0487. The number of aromatic nitrogens is 5. The Hall–Kier alpha value is -3.94. The third-order valence-electron chi connectivity index (χ3n) is 5.65. The molecule has 36 heavy (non-hydrogen) atoms. The van der Waals surface area contributed by atoms with Crippen LogP contribution in [0.1, 0.15) is 18.7 Å². The van der Waals surface area contributed by atoms with Crippen LogP contribution in [0.25, 0.3) is 22.4 Å². The number of carbonyl (C=O) groups excluding carboxylic acids is 1. The molecule has 1 aliphatic carbocycles. The van der Waals surface area contributed by atoms with Crippen LogP contribution in [-0.2, 0) is 21.7 Å².